The van der Waals surface area contributed by atoms with E-state index in [9.17, 15) is 14.0 Å². The second-order valence-corrected chi connectivity index (χ2v) is 8.50. The summed E-state index contributed by atoms with van der Waals surface area (Å²) < 4.78 is 13.4. The van der Waals surface area contributed by atoms with Crippen LogP contribution in [0.5, 0.6) is 0 Å². The Balaban J connectivity index is 1.78. The first-order chi connectivity index (χ1) is 17.4. The molecule has 0 saturated carbocycles. The number of carbonyl (C=O) groups excluding carboxylic acids is 2. The fourth-order valence-corrected chi connectivity index (χ4v) is 3.88. The van der Waals surface area contributed by atoms with E-state index in [0.29, 0.717) is 11.3 Å². The molecule has 1 N–H and O–H groups in total. The van der Waals surface area contributed by atoms with Gasteiger partial charge in [0.15, 0.2) is 0 Å². The van der Waals surface area contributed by atoms with Gasteiger partial charge in [-0.15, -0.1) is 0 Å². The molecule has 1 unspecified atom stereocenters. The zero-order valence-corrected chi connectivity index (χ0v) is 20.2. The molecule has 0 saturated heterocycles. The van der Waals surface area contributed by atoms with Gasteiger partial charge in [-0.25, -0.2) is 9.37 Å². The monoisotopic (exact) mass is 482 g/mol. The molecule has 0 radical (unpaired) electrons. The van der Waals surface area contributed by atoms with Gasteiger partial charge in [0.25, 0.3) is 11.8 Å². The Morgan fingerprint density at radius 2 is 1.58 bits per heavy atom. The van der Waals surface area contributed by atoms with E-state index in [2.05, 4.69) is 22.2 Å². The predicted octanol–water partition coefficient (Wildman–Crippen LogP) is 5.51. The van der Waals surface area contributed by atoms with E-state index in [4.69, 9.17) is 0 Å². The SMILES string of the molecule is CCc1ccc(C(C(=O)Nc2ccc(F)cc2)N(Cc2ccc(C)cc2)C(=O)c2cnccn2)cc1. The minimum absolute atomic E-state index is 0.134. The van der Waals surface area contributed by atoms with Crippen molar-refractivity contribution in [1.29, 1.82) is 0 Å². The molecule has 6 nitrogen and oxygen atoms in total. The molecular formula is C29H27FN4O2. The Bertz CT molecular complexity index is 1310. The van der Waals surface area contributed by atoms with Crippen LogP contribution in [-0.2, 0) is 17.8 Å². The number of anilines is 1. The maximum atomic E-state index is 13.7. The van der Waals surface area contributed by atoms with Gasteiger partial charge in [-0.05, 0) is 54.3 Å². The lowest BCUT2D eigenvalue weighted by Crippen LogP contribution is -2.41. The quantitative estimate of drug-likeness (QED) is 0.359. The van der Waals surface area contributed by atoms with Gasteiger partial charge in [0.05, 0.1) is 6.20 Å². The molecule has 182 valence electrons. The first kappa shape index (κ1) is 24.7. The highest BCUT2D eigenvalue weighted by Crippen LogP contribution is 2.27. The number of amides is 2. The average Bonchev–Trinajstić information content (AvgIpc) is 2.91. The molecule has 3 aromatic carbocycles. The van der Waals surface area contributed by atoms with Gasteiger partial charge in [-0.3, -0.25) is 14.6 Å². The average molecular weight is 483 g/mol. The zero-order chi connectivity index (χ0) is 25.5. The van der Waals surface area contributed by atoms with Crippen LogP contribution in [0.25, 0.3) is 0 Å². The molecule has 36 heavy (non-hydrogen) atoms. The third-order valence-corrected chi connectivity index (χ3v) is 5.89. The van der Waals surface area contributed by atoms with E-state index >= 15 is 0 Å². The van der Waals surface area contributed by atoms with E-state index in [-0.39, 0.29) is 12.2 Å². The van der Waals surface area contributed by atoms with Crippen LogP contribution < -0.4 is 5.32 Å². The summed E-state index contributed by atoms with van der Waals surface area (Å²) in [5.41, 5.74) is 4.28. The summed E-state index contributed by atoms with van der Waals surface area (Å²) in [5, 5.41) is 2.84. The molecule has 0 aliphatic carbocycles. The number of aromatic nitrogens is 2. The van der Waals surface area contributed by atoms with Crippen molar-refractivity contribution in [3.8, 4) is 0 Å². The summed E-state index contributed by atoms with van der Waals surface area (Å²) in [5.74, 6) is -1.25. The number of halogens is 1. The summed E-state index contributed by atoms with van der Waals surface area (Å²) >= 11 is 0. The van der Waals surface area contributed by atoms with Crippen LogP contribution in [0.4, 0.5) is 10.1 Å². The number of rotatable bonds is 8. The van der Waals surface area contributed by atoms with Crippen LogP contribution >= 0.6 is 0 Å². The fraction of sp³-hybridized carbons (Fsp3) is 0.172. The molecule has 0 spiro atoms. The van der Waals surface area contributed by atoms with Gasteiger partial charge < -0.3 is 10.2 Å². The topological polar surface area (TPSA) is 75.2 Å². The molecule has 1 aromatic heterocycles. The van der Waals surface area contributed by atoms with Crippen molar-refractivity contribution in [2.24, 2.45) is 0 Å². The fourth-order valence-electron chi connectivity index (χ4n) is 3.88. The molecule has 0 aliphatic rings. The molecule has 0 fully saturated rings. The summed E-state index contributed by atoms with van der Waals surface area (Å²) in [6, 6.07) is 19.9. The van der Waals surface area contributed by atoms with E-state index < -0.39 is 23.7 Å². The molecule has 2 amide bonds. The molecule has 0 aliphatic heterocycles. The third kappa shape index (κ3) is 5.99. The van der Waals surface area contributed by atoms with Crippen molar-refractivity contribution < 1.29 is 14.0 Å². The van der Waals surface area contributed by atoms with Gasteiger partial charge in [0.1, 0.15) is 17.6 Å². The van der Waals surface area contributed by atoms with E-state index in [1.807, 2.05) is 55.5 Å². The Labute approximate surface area is 209 Å². The van der Waals surface area contributed by atoms with Crippen molar-refractivity contribution in [3.63, 3.8) is 0 Å². The number of nitrogens with zero attached hydrogens (tertiary/aromatic N) is 3. The van der Waals surface area contributed by atoms with Crippen molar-refractivity contribution in [2.45, 2.75) is 32.9 Å². The van der Waals surface area contributed by atoms with Crippen LogP contribution in [0.3, 0.4) is 0 Å². The van der Waals surface area contributed by atoms with Crippen molar-refractivity contribution in [2.75, 3.05) is 5.32 Å². The highest BCUT2D eigenvalue weighted by molar-refractivity contribution is 6.00. The highest BCUT2D eigenvalue weighted by Gasteiger charge is 2.33. The number of aryl methyl sites for hydroxylation is 2. The standard InChI is InChI=1S/C29H27FN4O2/c1-3-21-8-10-23(11-9-21)27(28(35)33-25-14-12-24(30)13-15-25)34(19-22-6-4-20(2)5-7-22)29(36)26-18-31-16-17-32-26/h4-18,27H,3,19H2,1-2H3,(H,33,35). The summed E-state index contributed by atoms with van der Waals surface area (Å²) in [6.45, 7) is 4.21. The Kier molecular flexibility index (Phi) is 7.80. The van der Waals surface area contributed by atoms with E-state index in [0.717, 1.165) is 23.1 Å². The van der Waals surface area contributed by atoms with Crippen molar-refractivity contribution in [3.05, 3.63) is 125 Å². The van der Waals surface area contributed by atoms with E-state index in [1.165, 1.54) is 47.8 Å². The van der Waals surface area contributed by atoms with Crippen LogP contribution in [0, 0.1) is 12.7 Å². The van der Waals surface area contributed by atoms with Gasteiger partial charge in [0.2, 0.25) is 0 Å². The van der Waals surface area contributed by atoms with Gasteiger partial charge in [-0.1, -0.05) is 61.0 Å². The molecule has 4 aromatic rings. The first-order valence-corrected chi connectivity index (χ1v) is 11.7. The smallest absolute Gasteiger partial charge is 0.275 e. The van der Waals surface area contributed by atoms with E-state index in [1.54, 1.807) is 0 Å². The lowest BCUT2D eigenvalue weighted by atomic mass is 10.00. The van der Waals surface area contributed by atoms with Crippen LogP contribution in [0.1, 0.15) is 45.7 Å². The van der Waals surface area contributed by atoms with Gasteiger partial charge in [-0.2, -0.15) is 0 Å². The Morgan fingerprint density at radius 1 is 0.917 bits per heavy atom. The first-order valence-electron chi connectivity index (χ1n) is 11.7. The number of nitrogens with one attached hydrogen (secondary N) is 1. The molecule has 0 bridgehead atoms. The molecule has 4 rings (SSSR count). The summed E-state index contributed by atoms with van der Waals surface area (Å²) in [4.78, 5) is 37.2. The number of hydrogen-bond donors (Lipinski definition) is 1. The lowest BCUT2D eigenvalue weighted by Gasteiger charge is -2.31. The van der Waals surface area contributed by atoms with Gasteiger partial charge in [0, 0.05) is 24.6 Å². The predicted molar refractivity (Wildman–Crippen MR) is 137 cm³/mol. The third-order valence-electron chi connectivity index (χ3n) is 5.89. The highest BCUT2D eigenvalue weighted by atomic mass is 19.1. The molecule has 1 atom stereocenters. The second kappa shape index (κ2) is 11.4. The number of hydrogen-bond acceptors (Lipinski definition) is 4. The molecule has 7 heteroatoms. The van der Waals surface area contributed by atoms with Crippen molar-refractivity contribution in [1.82, 2.24) is 14.9 Å². The summed E-state index contributed by atoms with van der Waals surface area (Å²) in [6.07, 6.45) is 5.17. The normalized spacial score (nSPS) is 11.5. The summed E-state index contributed by atoms with van der Waals surface area (Å²) in [7, 11) is 0. The minimum Gasteiger partial charge on any atom is -0.324 e. The minimum atomic E-state index is -0.975. The number of benzene rings is 3. The van der Waals surface area contributed by atoms with Crippen molar-refractivity contribution >= 4 is 17.5 Å². The largest absolute Gasteiger partial charge is 0.324 e. The zero-order valence-electron chi connectivity index (χ0n) is 20.2. The maximum absolute atomic E-state index is 13.7. The molecular weight excluding hydrogens is 455 g/mol. The Morgan fingerprint density at radius 3 is 2.19 bits per heavy atom. The lowest BCUT2D eigenvalue weighted by molar-refractivity contribution is -0.121. The Hall–Kier alpha value is -4.39. The van der Waals surface area contributed by atoms with Gasteiger partial charge >= 0.3 is 0 Å². The van der Waals surface area contributed by atoms with Crippen LogP contribution in [0.15, 0.2) is 91.4 Å². The second-order valence-electron chi connectivity index (χ2n) is 8.50. The maximum Gasteiger partial charge on any atom is 0.275 e. The van der Waals surface area contributed by atoms with Crippen LogP contribution in [-0.4, -0.2) is 26.7 Å². The van der Waals surface area contributed by atoms with Crippen LogP contribution in [0.2, 0.25) is 0 Å². The number of carbonyl (C=O) groups is 2. The molecule has 1 heterocycles.